The van der Waals surface area contributed by atoms with Gasteiger partial charge in [-0.3, -0.25) is 0 Å². The van der Waals surface area contributed by atoms with E-state index < -0.39 is 9.05 Å². The van der Waals surface area contributed by atoms with Gasteiger partial charge < -0.3 is 18.8 Å². The normalized spacial score (nSPS) is 9.33. The van der Waals surface area contributed by atoms with Crippen LogP contribution in [0.15, 0.2) is 0 Å². The Balaban J connectivity index is -0.000000180. The van der Waals surface area contributed by atoms with E-state index in [2.05, 4.69) is 4.43 Å². The lowest BCUT2D eigenvalue weighted by atomic mass is 10.9. The van der Waals surface area contributed by atoms with Gasteiger partial charge in [0.25, 0.3) is 0 Å². The molecule has 9 heavy (non-hydrogen) atoms. The highest BCUT2D eigenvalue weighted by Crippen LogP contribution is 1.85. The summed E-state index contributed by atoms with van der Waals surface area (Å²) in [6.45, 7) is 1.68. The van der Waals surface area contributed by atoms with Crippen molar-refractivity contribution in [3.8, 4) is 0 Å². The Morgan fingerprint density at radius 2 is 1.67 bits per heavy atom. The minimum atomic E-state index is -4.16. The SMILES string of the molecule is CCO[Si](O)(O)O.[AlH3].[SiH4]. The van der Waals surface area contributed by atoms with Gasteiger partial charge in [0.2, 0.25) is 0 Å². The second kappa shape index (κ2) is 6.92. The molecule has 0 saturated heterocycles. The van der Waals surface area contributed by atoms with Crippen LogP contribution in [0.5, 0.6) is 0 Å². The predicted molar refractivity (Wildman–Crippen MR) is 45.3 cm³/mol. The molecule has 0 amide bonds. The fourth-order valence-electron chi connectivity index (χ4n) is 0.194. The molecule has 0 fully saturated rings. The predicted octanol–water partition coefficient (Wildman–Crippen LogP) is -4.20. The Hall–Kier alpha value is 0.806. The average molecular weight is 186 g/mol. The van der Waals surface area contributed by atoms with Crippen molar-refractivity contribution in [2.75, 3.05) is 6.61 Å². The highest BCUT2D eigenvalue weighted by atomic mass is 28.4. The third kappa shape index (κ3) is 17.7. The highest BCUT2D eigenvalue weighted by molar-refractivity contribution is 6.48. The molecule has 3 N–H and O–H groups in total. The van der Waals surface area contributed by atoms with Gasteiger partial charge >= 0.3 is 9.05 Å². The van der Waals surface area contributed by atoms with E-state index in [1.807, 2.05) is 0 Å². The summed E-state index contributed by atoms with van der Waals surface area (Å²) in [6, 6.07) is 0. The monoisotopic (exact) mass is 186 g/mol. The van der Waals surface area contributed by atoms with Crippen LogP contribution < -0.4 is 0 Å². The van der Waals surface area contributed by atoms with Crippen LogP contribution in [0, 0.1) is 0 Å². The topological polar surface area (TPSA) is 69.9 Å². The van der Waals surface area contributed by atoms with Crippen LogP contribution >= 0.6 is 0 Å². The molecule has 0 aromatic heterocycles. The van der Waals surface area contributed by atoms with Crippen molar-refractivity contribution in [2.24, 2.45) is 0 Å². The van der Waals surface area contributed by atoms with Crippen molar-refractivity contribution < 1.29 is 18.8 Å². The Morgan fingerprint density at radius 1 is 1.33 bits per heavy atom. The van der Waals surface area contributed by atoms with Gasteiger partial charge in [0.05, 0.1) is 0 Å². The third-order valence-corrected chi connectivity index (χ3v) is 1.01. The molecule has 0 aromatic carbocycles. The minimum absolute atomic E-state index is 0. The molecule has 0 atom stereocenters. The smallest absolute Gasteiger partial charge is 0.368 e. The molecule has 0 radical (unpaired) electrons. The van der Waals surface area contributed by atoms with Crippen molar-refractivity contribution in [1.82, 2.24) is 0 Å². The second-order valence-electron chi connectivity index (χ2n) is 1.01. The fourth-order valence-corrected chi connectivity index (χ4v) is 0.581. The maximum atomic E-state index is 8.05. The Bertz CT molecular complexity index is 55.0. The van der Waals surface area contributed by atoms with E-state index in [4.69, 9.17) is 14.4 Å². The van der Waals surface area contributed by atoms with Crippen LogP contribution in [0.4, 0.5) is 0 Å². The van der Waals surface area contributed by atoms with Gasteiger partial charge in [-0.1, -0.05) is 0 Å². The van der Waals surface area contributed by atoms with Crippen molar-refractivity contribution in [3.63, 3.8) is 0 Å². The number of hydrogen-bond acceptors (Lipinski definition) is 4. The molecular weight excluding hydrogens is 171 g/mol. The third-order valence-electron chi connectivity index (χ3n) is 0.338. The average Bonchev–Trinajstić information content (AvgIpc) is 1.30. The highest BCUT2D eigenvalue weighted by Gasteiger charge is 2.28. The molecule has 0 aliphatic heterocycles. The van der Waals surface area contributed by atoms with Crippen molar-refractivity contribution in [1.29, 1.82) is 0 Å². The molecule has 7 heteroatoms. The quantitative estimate of drug-likeness (QED) is 0.383. The van der Waals surface area contributed by atoms with Crippen LogP contribution in [0.2, 0.25) is 0 Å². The number of hydrogen-bond donors (Lipinski definition) is 3. The van der Waals surface area contributed by atoms with Crippen LogP contribution in [-0.4, -0.2) is 58.4 Å². The summed E-state index contributed by atoms with van der Waals surface area (Å²) < 4.78 is 4.03. The van der Waals surface area contributed by atoms with Gasteiger partial charge in [0.1, 0.15) is 0 Å². The summed E-state index contributed by atoms with van der Waals surface area (Å²) in [4.78, 5) is 24.1. The lowest BCUT2D eigenvalue weighted by Gasteiger charge is -2.05. The standard InChI is InChI=1S/C2H8O4Si.Al.H4Si.3H/c1-2-6-7(3,4)5;;;;;/h3-5H,2H2,1H3;;1H4;;;. The molecule has 0 aliphatic rings. The zero-order valence-corrected chi connectivity index (χ0v) is 4.96. The molecule has 0 saturated carbocycles. The lowest BCUT2D eigenvalue weighted by molar-refractivity contribution is 0.0687. The first-order valence-corrected chi connectivity index (χ1v) is 3.62. The summed E-state index contributed by atoms with van der Waals surface area (Å²) in [5.74, 6) is 0. The van der Waals surface area contributed by atoms with E-state index >= 15 is 0 Å². The van der Waals surface area contributed by atoms with Crippen LogP contribution in [0.25, 0.3) is 0 Å². The van der Waals surface area contributed by atoms with Crippen LogP contribution in [-0.2, 0) is 4.43 Å². The molecule has 0 unspecified atom stereocenters. The van der Waals surface area contributed by atoms with E-state index in [-0.39, 0.29) is 34.9 Å². The zero-order chi connectivity index (χ0) is 5.91. The summed E-state index contributed by atoms with van der Waals surface area (Å²) in [5.41, 5.74) is 0. The van der Waals surface area contributed by atoms with Crippen molar-refractivity contribution >= 4 is 37.4 Å². The van der Waals surface area contributed by atoms with E-state index in [0.29, 0.717) is 0 Å². The van der Waals surface area contributed by atoms with Crippen LogP contribution in [0.3, 0.4) is 0 Å². The lowest BCUT2D eigenvalue weighted by Crippen LogP contribution is -2.38. The first-order chi connectivity index (χ1) is 3.06. The molecule has 58 valence electrons. The maximum Gasteiger partial charge on any atom is 0.671 e. The molecule has 4 nitrogen and oxygen atoms in total. The van der Waals surface area contributed by atoms with Gasteiger partial charge in [-0.25, -0.2) is 0 Å². The van der Waals surface area contributed by atoms with Crippen LogP contribution in [0.1, 0.15) is 6.92 Å². The summed E-state index contributed by atoms with van der Waals surface area (Å²) in [5, 5.41) is 0. The molecule has 0 heterocycles. The molecule has 0 spiro atoms. The first kappa shape index (κ1) is 16.4. The van der Waals surface area contributed by atoms with Crippen molar-refractivity contribution in [2.45, 2.75) is 6.92 Å². The van der Waals surface area contributed by atoms with E-state index in [1.54, 1.807) is 6.92 Å². The molecule has 0 aromatic rings. The Morgan fingerprint density at radius 3 is 1.67 bits per heavy atom. The molecule has 0 rings (SSSR count). The zero-order valence-electron chi connectivity index (χ0n) is 3.96. The number of rotatable bonds is 2. The van der Waals surface area contributed by atoms with Gasteiger partial charge in [-0.2, -0.15) is 0 Å². The molecule has 0 bridgehead atoms. The van der Waals surface area contributed by atoms with Gasteiger partial charge in [-0.15, -0.1) is 0 Å². The molecule has 0 aliphatic carbocycles. The maximum absolute atomic E-state index is 8.05. The van der Waals surface area contributed by atoms with E-state index in [0.717, 1.165) is 0 Å². The fraction of sp³-hybridized carbons (Fsp3) is 1.00. The summed E-state index contributed by atoms with van der Waals surface area (Å²) in [7, 11) is -4.16. The first-order valence-electron chi connectivity index (χ1n) is 1.87. The van der Waals surface area contributed by atoms with Gasteiger partial charge in [0.15, 0.2) is 17.4 Å². The Kier molecular flexibility index (Phi) is 12.6. The van der Waals surface area contributed by atoms with Crippen molar-refractivity contribution in [3.05, 3.63) is 0 Å². The van der Waals surface area contributed by atoms with Gasteiger partial charge in [-0.05, 0) is 17.9 Å². The minimum Gasteiger partial charge on any atom is -0.368 e. The summed E-state index contributed by atoms with van der Waals surface area (Å²) >= 11 is 0. The second-order valence-corrected chi connectivity index (χ2v) is 2.44. The largest absolute Gasteiger partial charge is 0.671 e. The summed E-state index contributed by atoms with van der Waals surface area (Å²) in [6.07, 6.45) is 0. The van der Waals surface area contributed by atoms with E-state index in [9.17, 15) is 0 Å². The Labute approximate surface area is 70.1 Å². The van der Waals surface area contributed by atoms with E-state index in [1.165, 1.54) is 0 Å². The van der Waals surface area contributed by atoms with Gasteiger partial charge in [0, 0.05) is 6.61 Å². The molecular formula is C2H15AlO4Si2.